The number of carbonyl (C=O) groups is 1. The van der Waals surface area contributed by atoms with Crippen molar-refractivity contribution >= 4 is 17.1 Å². The van der Waals surface area contributed by atoms with Gasteiger partial charge in [-0.25, -0.2) is 9.78 Å². The summed E-state index contributed by atoms with van der Waals surface area (Å²) in [4.78, 5) is 16.5. The number of primary amides is 1. The van der Waals surface area contributed by atoms with Crippen LogP contribution in [0, 0.1) is 11.3 Å². The molecule has 1 heterocycles. The Hall–Kier alpha value is -3.02. The maximum Gasteiger partial charge on any atom is 0.405 e. The van der Waals surface area contributed by atoms with Gasteiger partial charge in [0.25, 0.3) is 0 Å². The predicted octanol–water partition coefficient (Wildman–Crippen LogP) is 5.62. The fourth-order valence-electron chi connectivity index (χ4n) is 4.17. The van der Waals surface area contributed by atoms with Crippen molar-refractivity contribution < 1.29 is 14.3 Å². The molecule has 1 unspecified atom stereocenters. The van der Waals surface area contributed by atoms with Crippen molar-refractivity contribution in [3.8, 4) is 5.75 Å². The number of amides is 1. The maximum atomic E-state index is 11.5. The van der Waals surface area contributed by atoms with E-state index in [9.17, 15) is 4.79 Å². The van der Waals surface area contributed by atoms with Crippen molar-refractivity contribution in [1.29, 1.82) is 0 Å². The van der Waals surface area contributed by atoms with Gasteiger partial charge in [0, 0.05) is 18.4 Å². The van der Waals surface area contributed by atoms with Crippen molar-refractivity contribution in [1.82, 2.24) is 9.55 Å². The molecule has 170 valence electrons. The molecule has 32 heavy (non-hydrogen) atoms. The highest BCUT2D eigenvalue weighted by molar-refractivity contribution is 5.77. The molecule has 1 aliphatic carbocycles. The van der Waals surface area contributed by atoms with Gasteiger partial charge in [0.1, 0.15) is 17.7 Å². The van der Waals surface area contributed by atoms with Crippen molar-refractivity contribution in [3.63, 3.8) is 0 Å². The lowest BCUT2D eigenvalue weighted by Gasteiger charge is -2.30. The van der Waals surface area contributed by atoms with E-state index in [0.29, 0.717) is 6.61 Å². The summed E-state index contributed by atoms with van der Waals surface area (Å²) < 4.78 is 13.4. The van der Waals surface area contributed by atoms with Gasteiger partial charge in [0.15, 0.2) is 0 Å². The topological polar surface area (TPSA) is 79.4 Å². The molecule has 0 saturated heterocycles. The lowest BCUT2D eigenvalue weighted by atomic mass is 9.84. The van der Waals surface area contributed by atoms with E-state index in [1.165, 1.54) is 18.4 Å². The second-order valence-electron chi connectivity index (χ2n) is 9.77. The van der Waals surface area contributed by atoms with Gasteiger partial charge < -0.3 is 19.8 Å². The zero-order chi connectivity index (χ0) is 22.9. The van der Waals surface area contributed by atoms with Gasteiger partial charge in [-0.05, 0) is 61.1 Å². The van der Waals surface area contributed by atoms with Crippen LogP contribution in [0.4, 0.5) is 4.79 Å². The molecule has 1 atom stereocenters. The minimum absolute atomic E-state index is 0.287. The molecule has 3 aromatic rings. The smallest absolute Gasteiger partial charge is 0.405 e. The number of ether oxygens (including phenoxy) is 2. The van der Waals surface area contributed by atoms with Crippen molar-refractivity contribution in [2.75, 3.05) is 6.61 Å². The third-order valence-electron chi connectivity index (χ3n) is 5.91. The molecule has 0 bridgehead atoms. The van der Waals surface area contributed by atoms with E-state index in [0.717, 1.165) is 47.1 Å². The largest absolute Gasteiger partial charge is 0.494 e. The highest BCUT2D eigenvalue weighted by Crippen LogP contribution is 2.38. The Balaban J connectivity index is 1.69. The van der Waals surface area contributed by atoms with Crippen LogP contribution in [-0.4, -0.2) is 22.3 Å². The fraction of sp³-hybridized carbons (Fsp3) is 0.462. The SMILES string of the molecule is CCOc1ccc(Cc2nc3cc(C(OC(N)=O)C(C)(C)C)ccc3n2CC2CC2)cc1. The number of imidazole rings is 1. The summed E-state index contributed by atoms with van der Waals surface area (Å²) in [5.41, 5.74) is 9.22. The summed E-state index contributed by atoms with van der Waals surface area (Å²) in [5, 5.41) is 0. The van der Waals surface area contributed by atoms with Gasteiger partial charge in [-0.2, -0.15) is 0 Å². The zero-order valence-corrected chi connectivity index (χ0v) is 19.4. The van der Waals surface area contributed by atoms with Gasteiger partial charge in [-0.15, -0.1) is 0 Å². The number of fused-ring (bicyclic) bond motifs is 1. The summed E-state index contributed by atoms with van der Waals surface area (Å²) in [7, 11) is 0. The van der Waals surface area contributed by atoms with Crippen LogP contribution in [0.25, 0.3) is 11.0 Å². The van der Waals surface area contributed by atoms with E-state index in [4.69, 9.17) is 20.2 Å². The minimum atomic E-state index is -0.763. The van der Waals surface area contributed by atoms with E-state index in [-0.39, 0.29) is 5.41 Å². The number of carbonyl (C=O) groups excluding carboxylic acids is 1. The quantitative estimate of drug-likeness (QED) is 0.498. The Morgan fingerprint density at radius 3 is 2.50 bits per heavy atom. The monoisotopic (exact) mass is 435 g/mol. The van der Waals surface area contributed by atoms with Crippen molar-refractivity contribution in [3.05, 3.63) is 59.4 Å². The molecular weight excluding hydrogens is 402 g/mol. The first-order valence-electron chi connectivity index (χ1n) is 11.4. The van der Waals surface area contributed by atoms with Crippen LogP contribution >= 0.6 is 0 Å². The number of hydrogen-bond acceptors (Lipinski definition) is 4. The van der Waals surface area contributed by atoms with Crippen molar-refractivity contribution in [2.45, 2.75) is 59.6 Å². The van der Waals surface area contributed by atoms with Crippen LogP contribution < -0.4 is 10.5 Å². The average molecular weight is 436 g/mol. The lowest BCUT2D eigenvalue weighted by Crippen LogP contribution is -2.26. The van der Waals surface area contributed by atoms with E-state index in [1.54, 1.807) is 0 Å². The number of nitrogens with zero attached hydrogens (tertiary/aromatic N) is 2. The molecule has 1 aromatic heterocycles. The van der Waals surface area contributed by atoms with Crippen LogP contribution in [0.3, 0.4) is 0 Å². The fourth-order valence-corrected chi connectivity index (χ4v) is 4.17. The van der Waals surface area contributed by atoms with Crippen LogP contribution in [0.5, 0.6) is 5.75 Å². The summed E-state index contributed by atoms with van der Waals surface area (Å²) in [5.74, 6) is 2.66. The van der Waals surface area contributed by atoms with Crippen LogP contribution in [0.15, 0.2) is 42.5 Å². The molecule has 1 saturated carbocycles. The van der Waals surface area contributed by atoms with Gasteiger partial charge in [-0.1, -0.05) is 39.0 Å². The lowest BCUT2D eigenvalue weighted by molar-refractivity contribution is 0.0360. The molecule has 0 spiro atoms. The predicted molar refractivity (Wildman–Crippen MR) is 126 cm³/mol. The Bertz CT molecular complexity index is 1090. The molecular formula is C26H33N3O3. The number of rotatable bonds is 8. The van der Waals surface area contributed by atoms with E-state index in [2.05, 4.69) is 22.8 Å². The second-order valence-corrected chi connectivity index (χ2v) is 9.77. The molecule has 6 nitrogen and oxygen atoms in total. The van der Waals surface area contributed by atoms with Crippen molar-refractivity contribution in [2.24, 2.45) is 17.1 Å². The number of nitrogens with two attached hydrogens (primary N) is 1. The molecule has 2 N–H and O–H groups in total. The van der Waals surface area contributed by atoms with E-state index in [1.807, 2.05) is 52.0 Å². The summed E-state index contributed by atoms with van der Waals surface area (Å²) in [6.45, 7) is 9.74. The highest BCUT2D eigenvalue weighted by atomic mass is 16.6. The summed E-state index contributed by atoms with van der Waals surface area (Å²) in [6.07, 6.45) is 2.11. The van der Waals surface area contributed by atoms with Crippen LogP contribution in [0.1, 0.15) is 63.6 Å². The molecule has 4 rings (SSSR count). The first kappa shape index (κ1) is 22.2. The van der Waals surface area contributed by atoms with Gasteiger partial charge in [0.05, 0.1) is 17.6 Å². The first-order valence-corrected chi connectivity index (χ1v) is 11.4. The molecule has 6 heteroatoms. The molecule has 0 radical (unpaired) electrons. The average Bonchev–Trinajstić information content (AvgIpc) is 3.49. The van der Waals surface area contributed by atoms with E-state index >= 15 is 0 Å². The zero-order valence-electron chi connectivity index (χ0n) is 19.4. The second kappa shape index (κ2) is 8.85. The van der Waals surface area contributed by atoms with Crippen LogP contribution in [-0.2, 0) is 17.7 Å². The Morgan fingerprint density at radius 2 is 1.91 bits per heavy atom. The van der Waals surface area contributed by atoms with Gasteiger partial charge >= 0.3 is 6.09 Å². The van der Waals surface area contributed by atoms with Crippen LogP contribution in [0.2, 0.25) is 0 Å². The van der Waals surface area contributed by atoms with E-state index < -0.39 is 12.2 Å². The Morgan fingerprint density at radius 1 is 1.19 bits per heavy atom. The van der Waals surface area contributed by atoms with Gasteiger partial charge in [0.2, 0.25) is 0 Å². The minimum Gasteiger partial charge on any atom is -0.494 e. The van der Waals surface area contributed by atoms with Gasteiger partial charge in [-0.3, -0.25) is 0 Å². The highest BCUT2D eigenvalue weighted by Gasteiger charge is 2.30. The number of hydrogen-bond donors (Lipinski definition) is 1. The molecule has 1 aliphatic rings. The molecule has 1 fully saturated rings. The summed E-state index contributed by atoms with van der Waals surface area (Å²) in [6, 6.07) is 14.4. The Labute approximate surface area is 189 Å². The molecule has 2 aromatic carbocycles. The third-order valence-corrected chi connectivity index (χ3v) is 5.91. The normalized spacial score (nSPS) is 15.0. The number of aromatic nitrogens is 2. The molecule has 0 aliphatic heterocycles. The number of benzene rings is 2. The first-order chi connectivity index (χ1) is 15.2. The maximum absolute atomic E-state index is 11.5. The molecule has 1 amide bonds. The standard InChI is InChI=1S/C26H33N3O3/c1-5-31-20-11-8-17(9-12-20)14-23-28-21-15-19(24(26(2,3)4)32-25(27)30)10-13-22(21)29(23)16-18-6-7-18/h8-13,15,18,24H,5-7,14,16H2,1-4H3,(H2,27,30). The third kappa shape index (κ3) is 5.06. The Kier molecular flexibility index (Phi) is 6.13. The summed E-state index contributed by atoms with van der Waals surface area (Å²) >= 11 is 0.